The van der Waals surface area contributed by atoms with Gasteiger partial charge < -0.3 is 15.4 Å². The van der Waals surface area contributed by atoms with Crippen molar-refractivity contribution >= 4 is 11.6 Å². The SMILES string of the molecule is CCC(N)CC(=O)N1CCCc2cccc(OC)c21. The summed E-state index contributed by atoms with van der Waals surface area (Å²) in [5.41, 5.74) is 8.01. The summed E-state index contributed by atoms with van der Waals surface area (Å²) in [4.78, 5) is 14.2. The van der Waals surface area contributed by atoms with Crippen molar-refractivity contribution in [1.29, 1.82) is 0 Å². The van der Waals surface area contributed by atoms with Crippen molar-refractivity contribution in [3.05, 3.63) is 23.8 Å². The molecule has 1 aromatic carbocycles. The summed E-state index contributed by atoms with van der Waals surface area (Å²) in [5, 5.41) is 0. The molecule has 1 heterocycles. The molecule has 0 radical (unpaired) electrons. The molecule has 0 aliphatic carbocycles. The number of para-hydroxylation sites is 1. The maximum atomic E-state index is 12.4. The van der Waals surface area contributed by atoms with Gasteiger partial charge in [-0.3, -0.25) is 4.79 Å². The van der Waals surface area contributed by atoms with E-state index in [9.17, 15) is 4.79 Å². The zero-order chi connectivity index (χ0) is 13.8. The second-order valence-electron chi connectivity index (χ2n) is 4.99. The van der Waals surface area contributed by atoms with E-state index in [1.54, 1.807) is 7.11 Å². The summed E-state index contributed by atoms with van der Waals surface area (Å²) in [5.74, 6) is 0.871. The predicted octanol–water partition coefficient (Wildman–Crippen LogP) is 2.10. The van der Waals surface area contributed by atoms with Crippen molar-refractivity contribution in [3.63, 3.8) is 0 Å². The largest absolute Gasteiger partial charge is 0.495 e. The molecule has 0 spiro atoms. The van der Waals surface area contributed by atoms with E-state index in [2.05, 4.69) is 6.07 Å². The van der Waals surface area contributed by atoms with Gasteiger partial charge in [0.1, 0.15) is 5.75 Å². The number of amides is 1. The Balaban J connectivity index is 2.28. The number of nitrogens with two attached hydrogens (primary N) is 1. The number of fused-ring (bicyclic) bond motifs is 1. The number of hydrogen-bond donors (Lipinski definition) is 1. The second kappa shape index (κ2) is 6.06. The molecule has 0 aromatic heterocycles. The van der Waals surface area contributed by atoms with Crippen LogP contribution in [0, 0.1) is 0 Å². The van der Waals surface area contributed by atoms with E-state index in [1.165, 1.54) is 5.56 Å². The van der Waals surface area contributed by atoms with Gasteiger partial charge in [-0.05, 0) is 30.9 Å². The Bertz CT molecular complexity index is 445. The maximum Gasteiger partial charge on any atom is 0.228 e. The molecular weight excluding hydrogens is 240 g/mol. The van der Waals surface area contributed by atoms with Gasteiger partial charge in [0.25, 0.3) is 0 Å². The number of carbonyl (C=O) groups excluding carboxylic acids is 1. The molecule has 4 heteroatoms. The Kier molecular flexibility index (Phi) is 4.43. The van der Waals surface area contributed by atoms with Gasteiger partial charge in [-0.15, -0.1) is 0 Å². The average molecular weight is 262 g/mol. The number of aryl methyl sites for hydroxylation is 1. The van der Waals surface area contributed by atoms with Crippen molar-refractivity contribution in [3.8, 4) is 5.75 Å². The van der Waals surface area contributed by atoms with Gasteiger partial charge in [0.05, 0.1) is 12.8 Å². The molecule has 1 amide bonds. The minimum Gasteiger partial charge on any atom is -0.495 e. The minimum atomic E-state index is -0.0624. The molecule has 1 aliphatic rings. The molecule has 1 aliphatic heterocycles. The highest BCUT2D eigenvalue weighted by Gasteiger charge is 2.26. The van der Waals surface area contributed by atoms with Crippen LogP contribution < -0.4 is 15.4 Å². The van der Waals surface area contributed by atoms with Crippen LogP contribution in [0.4, 0.5) is 5.69 Å². The summed E-state index contributed by atoms with van der Waals surface area (Å²) in [7, 11) is 1.64. The molecule has 4 nitrogen and oxygen atoms in total. The molecule has 104 valence electrons. The number of rotatable bonds is 4. The monoisotopic (exact) mass is 262 g/mol. The van der Waals surface area contributed by atoms with Gasteiger partial charge in [0.2, 0.25) is 5.91 Å². The fraction of sp³-hybridized carbons (Fsp3) is 0.533. The molecule has 0 saturated carbocycles. The first-order valence-electron chi connectivity index (χ1n) is 6.89. The van der Waals surface area contributed by atoms with E-state index in [1.807, 2.05) is 24.0 Å². The van der Waals surface area contributed by atoms with Crippen LogP contribution in [0.1, 0.15) is 31.7 Å². The van der Waals surface area contributed by atoms with Crippen LogP contribution in [0.5, 0.6) is 5.75 Å². The highest BCUT2D eigenvalue weighted by atomic mass is 16.5. The van der Waals surface area contributed by atoms with Crippen LogP contribution in [0.25, 0.3) is 0 Å². The summed E-state index contributed by atoms with van der Waals surface area (Å²) in [6.45, 7) is 2.76. The lowest BCUT2D eigenvalue weighted by atomic mass is 10.00. The number of anilines is 1. The third-order valence-electron chi connectivity index (χ3n) is 3.66. The highest BCUT2D eigenvalue weighted by molar-refractivity contribution is 5.96. The lowest BCUT2D eigenvalue weighted by Gasteiger charge is -2.31. The van der Waals surface area contributed by atoms with Crippen molar-refractivity contribution in [2.75, 3.05) is 18.6 Å². The van der Waals surface area contributed by atoms with E-state index in [-0.39, 0.29) is 11.9 Å². The van der Waals surface area contributed by atoms with Gasteiger partial charge in [-0.25, -0.2) is 0 Å². The zero-order valence-electron chi connectivity index (χ0n) is 11.7. The molecule has 1 aromatic rings. The molecule has 19 heavy (non-hydrogen) atoms. The zero-order valence-corrected chi connectivity index (χ0v) is 11.7. The topological polar surface area (TPSA) is 55.6 Å². The smallest absolute Gasteiger partial charge is 0.228 e. The summed E-state index contributed by atoms with van der Waals surface area (Å²) in [6, 6.07) is 5.89. The molecule has 2 N–H and O–H groups in total. The third-order valence-corrected chi connectivity index (χ3v) is 3.66. The van der Waals surface area contributed by atoms with Crippen molar-refractivity contribution in [1.82, 2.24) is 0 Å². The molecule has 1 atom stereocenters. The lowest BCUT2D eigenvalue weighted by molar-refractivity contribution is -0.119. The van der Waals surface area contributed by atoms with Crippen LogP contribution in [0.15, 0.2) is 18.2 Å². The van der Waals surface area contributed by atoms with Gasteiger partial charge in [-0.1, -0.05) is 19.1 Å². The number of benzene rings is 1. The van der Waals surface area contributed by atoms with Gasteiger partial charge in [0.15, 0.2) is 0 Å². The van der Waals surface area contributed by atoms with Crippen LogP contribution in [-0.2, 0) is 11.2 Å². The van der Waals surface area contributed by atoms with Crippen LogP contribution in [0.3, 0.4) is 0 Å². The number of nitrogens with zero attached hydrogens (tertiary/aromatic N) is 1. The summed E-state index contributed by atoms with van der Waals surface area (Å²) in [6.07, 6.45) is 3.20. The van der Waals surface area contributed by atoms with Crippen molar-refractivity contribution in [2.45, 2.75) is 38.6 Å². The lowest BCUT2D eigenvalue weighted by Crippen LogP contribution is -2.39. The van der Waals surface area contributed by atoms with E-state index in [0.29, 0.717) is 6.42 Å². The molecule has 0 bridgehead atoms. The molecule has 0 fully saturated rings. The van der Waals surface area contributed by atoms with Crippen LogP contribution >= 0.6 is 0 Å². The Morgan fingerprint density at radius 1 is 1.53 bits per heavy atom. The molecule has 1 unspecified atom stereocenters. The summed E-state index contributed by atoms with van der Waals surface area (Å²) < 4.78 is 5.40. The van der Waals surface area contributed by atoms with E-state index < -0.39 is 0 Å². The summed E-state index contributed by atoms with van der Waals surface area (Å²) >= 11 is 0. The third kappa shape index (κ3) is 2.89. The quantitative estimate of drug-likeness (QED) is 0.904. The van der Waals surface area contributed by atoms with Gasteiger partial charge in [0, 0.05) is 19.0 Å². The first-order valence-corrected chi connectivity index (χ1v) is 6.89. The highest BCUT2D eigenvalue weighted by Crippen LogP contribution is 2.36. The predicted molar refractivity (Wildman–Crippen MR) is 76.6 cm³/mol. The molecule has 2 rings (SSSR count). The standard InChI is InChI=1S/C15H22N2O2/c1-3-12(16)10-14(18)17-9-5-7-11-6-4-8-13(19-2)15(11)17/h4,6,8,12H,3,5,7,9-10,16H2,1-2H3. The van der Waals surface area contributed by atoms with Crippen molar-refractivity contribution < 1.29 is 9.53 Å². The van der Waals surface area contributed by atoms with Gasteiger partial charge >= 0.3 is 0 Å². The minimum absolute atomic E-state index is 0.0624. The van der Waals surface area contributed by atoms with Crippen LogP contribution in [0.2, 0.25) is 0 Å². The Morgan fingerprint density at radius 2 is 2.32 bits per heavy atom. The Hall–Kier alpha value is -1.55. The van der Waals surface area contributed by atoms with E-state index >= 15 is 0 Å². The van der Waals surface area contributed by atoms with E-state index in [0.717, 1.165) is 37.2 Å². The first-order chi connectivity index (χ1) is 9.17. The average Bonchev–Trinajstić information content (AvgIpc) is 2.45. The fourth-order valence-electron chi connectivity index (χ4n) is 2.51. The van der Waals surface area contributed by atoms with E-state index in [4.69, 9.17) is 10.5 Å². The maximum absolute atomic E-state index is 12.4. The Morgan fingerprint density at radius 3 is 3.00 bits per heavy atom. The Labute approximate surface area is 114 Å². The number of methoxy groups -OCH3 is 1. The number of hydrogen-bond acceptors (Lipinski definition) is 3. The molecular formula is C15H22N2O2. The van der Waals surface area contributed by atoms with Gasteiger partial charge in [-0.2, -0.15) is 0 Å². The number of carbonyl (C=O) groups is 1. The normalized spacial score (nSPS) is 15.8. The second-order valence-corrected chi connectivity index (χ2v) is 4.99. The number of ether oxygens (including phenoxy) is 1. The fourth-order valence-corrected chi connectivity index (χ4v) is 2.51. The van der Waals surface area contributed by atoms with Crippen LogP contribution in [-0.4, -0.2) is 25.6 Å². The first kappa shape index (κ1) is 13.9. The molecule has 0 saturated heterocycles. The van der Waals surface area contributed by atoms with Crippen molar-refractivity contribution in [2.24, 2.45) is 5.73 Å².